The lowest BCUT2D eigenvalue weighted by Gasteiger charge is -2.21. The minimum absolute atomic E-state index is 0.0105. The number of carboxylic acid groups (broad SMARTS) is 1. The molecule has 0 atom stereocenters. The van der Waals surface area contributed by atoms with E-state index in [1.54, 1.807) is 6.07 Å². The Morgan fingerprint density at radius 3 is 2.05 bits per heavy atom. The van der Waals surface area contributed by atoms with Gasteiger partial charge < -0.3 is 10.0 Å². The van der Waals surface area contributed by atoms with Crippen molar-refractivity contribution in [2.75, 3.05) is 13.1 Å². The Morgan fingerprint density at radius 1 is 1.11 bits per heavy atom. The van der Waals surface area contributed by atoms with Gasteiger partial charge in [-0.1, -0.05) is 0 Å². The van der Waals surface area contributed by atoms with Gasteiger partial charge in [-0.05, 0) is 49.7 Å². The smallest absolute Gasteiger partial charge is 0.345 e. The van der Waals surface area contributed by atoms with Crippen LogP contribution in [0.3, 0.4) is 0 Å². The van der Waals surface area contributed by atoms with Crippen LogP contribution in [0.5, 0.6) is 0 Å². The monoisotopic (exact) mass is 279 g/mol. The number of carbonyl (C=O) groups excluding carboxylic acids is 1. The van der Waals surface area contributed by atoms with Crippen LogP contribution in [0.1, 0.15) is 45.0 Å². The Morgan fingerprint density at radius 2 is 1.63 bits per heavy atom. The van der Waals surface area contributed by atoms with E-state index in [-0.39, 0.29) is 10.8 Å². The molecule has 2 saturated carbocycles. The van der Waals surface area contributed by atoms with E-state index in [1.165, 1.54) is 31.7 Å². The molecule has 1 aromatic rings. The number of hydrogen-bond acceptors (Lipinski definition) is 3. The number of carboxylic acids is 1. The summed E-state index contributed by atoms with van der Waals surface area (Å²) < 4.78 is 0. The van der Waals surface area contributed by atoms with Gasteiger partial charge in [0.05, 0.1) is 4.88 Å². The normalized spacial score (nSPS) is 18.3. The van der Waals surface area contributed by atoms with E-state index in [0.29, 0.717) is 16.7 Å². The van der Waals surface area contributed by atoms with Crippen molar-refractivity contribution in [1.82, 2.24) is 4.90 Å². The largest absolute Gasteiger partial charge is 0.477 e. The number of nitrogens with zero attached hydrogens (tertiary/aromatic N) is 1. The molecule has 1 N–H and O–H groups in total. The third-order valence-electron chi connectivity index (χ3n) is 3.67. The van der Waals surface area contributed by atoms with Crippen LogP contribution in [-0.2, 0) is 0 Å². The summed E-state index contributed by atoms with van der Waals surface area (Å²) in [4.78, 5) is 26.0. The Hall–Kier alpha value is -1.36. The molecule has 0 bridgehead atoms. The van der Waals surface area contributed by atoms with Crippen LogP contribution in [-0.4, -0.2) is 35.0 Å². The molecular weight excluding hydrogens is 262 g/mol. The highest BCUT2D eigenvalue weighted by Gasteiger charge is 2.32. The van der Waals surface area contributed by atoms with E-state index in [1.807, 2.05) is 4.90 Å². The lowest BCUT2D eigenvalue weighted by molar-refractivity contribution is 0.0701. The molecule has 0 spiro atoms. The van der Waals surface area contributed by atoms with Gasteiger partial charge in [-0.3, -0.25) is 4.79 Å². The second kappa shape index (κ2) is 4.96. The van der Waals surface area contributed by atoms with Crippen molar-refractivity contribution in [3.63, 3.8) is 0 Å². The van der Waals surface area contributed by atoms with Gasteiger partial charge in [0.2, 0.25) is 0 Å². The number of amides is 1. The van der Waals surface area contributed by atoms with Crippen molar-refractivity contribution in [3.05, 3.63) is 21.9 Å². The van der Waals surface area contributed by atoms with Crippen molar-refractivity contribution in [1.29, 1.82) is 0 Å². The Labute approximate surface area is 116 Å². The highest BCUT2D eigenvalue weighted by Crippen LogP contribution is 2.34. The molecule has 19 heavy (non-hydrogen) atoms. The zero-order chi connectivity index (χ0) is 13.4. The van der Waals surface area contributed by atoms with Gasteiger partial charge in [0.1, 0.15) is 4.88 Å². The molecule has 1 heterocycles. The van der Waals surface area contributed by atoms with Crippen LogP contribution in [0.15, 0.2) is 12.1 Å². The molecular formula is C14H17NO3S. The SMILES string of the molecule is O=C(O)c1ccc(C(=O)N(CC2CC2)CC2CC2)s1. The summed E-state index contributed by atoms with van der Waals surface area (Å²) in [5.74, 6) is 0.388. The highest BCUT2D eigenvalue weighted by molar-refractivity contribution is 7.15. The second-order valence-electron chi connectivity index (χ2n) is 5.57. The first-order valence-corrected chi connectivity index (χ1v) is 7.57. The summed E-state index contributed by atoms with van der Waals surface area (Å²) in [6.45, 7) is 1.69. The van der Waals surface area contributed by atoms with Gasteiger partial charge >= 0.3 is 5.97 Å². The van der Waals surface area contributed by atoms with Crippen LogP contribution < -0.4 is 0 Å². The summed E-state index contributed by atoms with van der Waals surface area (Å²) in [5.41, 5.74) is 0. The predicted molar refractivity (Wildman–Crippen MR) is 72.6 cm³/mol. The molecule has 0 saturated heterocycles. The third-order valence-corrected chi connectivity index (χ3v) is 4.73. The second-order valence-corrected chi connectivity index (χ2v) is 6.65. The average molecular weight is 279 g/mol. The molecule has 0 aliphatic heterocycles. The summed E-state index contributed by atoms with van der Waals surface area (Å²) in [7, 11) is 0. The Bertz CT molecular complexity index is 489. The van der Waals surface area contributed by atoms with Gasteiger partial charge in [0, 0.05) is 13.1 Å². The van der Waals surface area contributed by atoms with E-state index in [2.05, 4.69) is 0 Å². The molecule has 0 unspecified atom stereocenters. The van der Waals surface area contributed by atoms with Gasteiger partial charge in [-0.15, -0.1) is 11.3 Å². The predicted octanol–water partition coefficient (Wildman–Crippen LogP) is 2.71. The quantitative estimate of drug-likeness (QED) is 0.871. The molecule has 2 fully saturated rings. The van der Waals surface area contributed by atoms with Gasteiger partial charge in [-0.25, -0.2) is 4.79 Å². The van der Waals surface area contributed by atoms with Crippen molar-refractivity contribution < 1.29 is 14.7 Å². The minimum Gasteiger partial charge on any atom is -0.477 e. The zero-order valence-corrected chi connectivity index (χ0v) is 11.5. The lowest BCUT2D eigenvalue weighted by Crippen LogP contribution is -2.34. The van der Waals surface area contributed by atoms with E-state index in [0.717, 1.165) is 24.4 Å². The number of carbonyl (C=O) groups is 2. The van der Waals surface area contributed by atoms with Gasteiger partial charge in [0.25, 0.3) is 5.91 Å². The summed E-state index contributed by atoms with van der Waals surface area (Å²) >= 11 is 1.08. The molecule has 1 amide bonds. The minimum atomic E-state index is -0.958. The maximum atomic E-state index is 12.5. The van der Waals surface area contributed by atoms with Gasteiger partial charge in [0.15, 0.2) is 0 Å². The fourth-order valence-corrected chi connectivity index (χ4v) is 3.00. The molecule has 4 nitrogen and oxygen atoms in total. The van der Waals surface area contributed by atoms with Gasteiger partial charge in [-0.2, -0.15) is 0 Å². The number of thiophene rings is 1. The first-order valence-electron chi connectivity index (χ1n) is 6.76. The lowest BCUT2D eigenvalue weighted by atomic mass is 10.3. The highest BCUT2D eigenvalue weighted by atomic mass is 32.1. The number of rotatable bonds is 6. The summed E-state index contributed by atoms with van der Waals surface area (Å²) in [6, 6.07) is 3.16. The maximum Gasteiger partial charge on any atom is 0.345 e. The van der Waals surface area contributed by atoms with E-state index >= 15 is 0 Å². The van der Waals surface area contributed by atoms with Crippen LogP contribution in [0.2, 0.25) is 0 Å². The third kappa shape index (κ3) is 3.15. The van der Waals surface area contributed by atoms with E-state index in [9.17, 15) is 9.59 Å². The number of hydrogen-bond donors (Lipinski definition) is 1. The van der Waals surface area contributed by atoms with Crippen LogP contribution in [0.25, 0.3) is 0 Å². The zero-order valence-electron chi connectivity index (χ0n) is 10.7. The molecule has 2 aliphatic carbocycles. The fourth-order valence-electron chi connectivity index (χ4n) is 2.19. The first kappa shape index (κ1) is 12.7. The molecule has 3 rings (SSSR count). The topological polar surface area (TPSA) is 57.6 Å². The van der Waals surface area contributed by atoms with E-state index < -0.39 is 5.97 Å². The first-order chi connectivity index (χ1) is 9.13. The molecule has 0 aromatic carbocycles. The Balaban J connectivity index is 1.71. The summed E-state index contributed by atoms with van der Waals surface area (Å²) in [6.07, 6.45) is 4.89. The van der Waals surface area contributed by atoms with Crippen LogP contribution in [0, 0.1) is 11.8 Å². The average Bonchev–Trinajstić information content (AvgIpc) is 3.29. The number of aromatic carboxylic acids is 1. The maximum absolute atomic E-state index is 12.5. The van der Waals surface area contributed by atoms with E-state index in [4.69, 9.17) is 5.11 Å². The standard InChI is InChI=1S/C14H17NO3S/c16-13(11-5-6-12(19-11)14(17)18)15(7-9-1-2-9)8-10-3-4-10/h5-6,9-10H,1-4,7-8H2,(H,17,18). The molecule has 2 aliphatic rings. The summed E-state index contributed by atoms with van der Waals surface area (Å²) in [5, 5.41) is 8.91. The van der Waals surface area contributed by atoms with Crippen molar-refractivity contribution in [3.8, 4) is 0 Å². The molecule has 102 valence electrons. The van der Waals surface area contributed by atoms with Crippen LogP contribution in [0.4, 0.5) is 0 Å². The molecule has 5 heteroatoms. The van der Waals surface area contributed by atoms with Crippen LogP contribution >= 0.6 is 11.3 Å². The van der Waals surface area contributed by atoms with Crippen molar-refractivity contribution >= 4 is 23.2 Å². The molecule has 1 aromatic heterocycles. The molecule has 0 radical (unpaired) electrons. The van der Waals surface area contributed by atoms with Crippen molar-refractivity contribution in [2.24, 2.45) is 11.8 Å². The van der Waals surface area contributed by atoms with Crippen molar-refractivity contribution in [2.45, 2.75) is 25.7 Å². The fraction of sp³-hybridized carbons (Fsp3) is 0.571. The Kier molecular flexibility index (Phi) is 3.31.